The normalized spacial score (nSPS) is 10.6. The minimum atomic E-state index is -0.740. The summed E-state index contributed by atoms with van der Waals surface area (Å²) in [5.41, 5.74) is 0.829. The van der Waals surface area contributed by atoms with Crippen LogP contribution in [0.15, 0.2) is 34.8 Å². The predicted molar refractivity (Wildman–Crippen MR) is 77.8 cm³/mol. The molecule has 100 valence electrons. The molecule has 2 aromatic carbocycles. The molecule has 2 rings (SSSR count). The summed E-state index contributed by atoms with van der Waals surface area (Å²) < 4.78 is 27.3. The average Bonchev–Trinajstić information content (AvgIpc) is 2.32. The van der Waals surface area contributed by atoms with Gasteiger partial charge in [0.2, 0.25) is 0 Å². The second-order valence-corrected chi connectivity index (χ2v) is 5.56. The molecule has 0 aliphatic rings. The molecule has 0 aromatic heterocycles. The molecule has 0 saturated heterocycles. The molecule has 0 amide bonds. The molecule has 0 spiro atoms. The highest BCUT2D eigenvalue weighted by Crippen LogP contribution is 2.28. The van der Waals surface area contributed by atoms with Crippen LogP contribution in [0.4, 0.5) is 14.5 Å². The van der Waals surface area contributed by atoms with Crippen LogP contribution in [-0.4, -0.2) is 0 Å². The van der Waals surface area contributed by atoms with E-state index in [-0.39, 0.29) is 17.3 Å². The van der Waals surface area contributed by atoms with Crippen LogP contribution in [-0.2, 0) is 6.54 Å². The summed E-state index contributed by atoms with van der Waals surface area (Å²) in [7, 11) is 0. The van der Waals surface area contributed by atoms with Gasteiger partial charge in [0.15, 0.2) is 5.82 Å². The Morgan fingerprint density at radius 3 is 2.47 bits per heavy atom. The van der Waals surface area contributed by atoms with Crippen molar-refractivity contribution in [3.63, 3.8) is 0 Å². The van der Waals surface area contributed by atoms with Crippen LogP contribution in [0.25, 0.3) is 0 Å². The summed E-state index contributed by atoms with van der Waals surface area (Å²) in [5, 5.41) is 3.35. The van der Waals surface area contributed by atoms with Crippen LogP contribution in [0.2, 0.25) is 10.0 Å². The lowest BCUT2D eigenvalue weighted by Gasteiger charge is -2.11. The zero-order chi connectivity index (χ0) is 14.0. The minimum absolute atomic E-state index is 0.0105. The quantitative estimate of drug-likeness (QED) is 0.740. The Morgan fingerprint density at radius 2 is 1.79 bits per heavy atom. The van der Waals surface area contributed by atoms with Gasteiger partial charge in [-0.15, -0.1) is 0 Å². The first kappa shape index (κ1) is 14.6. The summed E-state index contributed by atoms with van der Waals surface area (Å²) in [6.45, 7) is 0.278. The van der Waals surface area contributed by atoms with E-state index in [9.17, 15) is 8.78 Å². The number of anilines is 1. The maximum atomic E-state index is 13.6. The molecule has 0 saturated carbocycles. The molecule has 1 nitrogen and oxygen atoms in total. The van der Waals surface area contributed by atoms with Crippen molar-refractivity contribution in [3.05, 3.63) is 62.0 Å². The van der Waals surface area contributed by atoms with E-state index in [0.29, 0.717) is 5.02 Å². The topological polar surface area (TPSA) is 12.0 Å². The fourth-order valence-corrected chi connectivity index (χ4v) is 2.43. The lowest BCUT2D eigenvalue weighted by Crippen LogP contribution is -2.03. The van der Waals surface area contributed by atoms with Gasteiger partial charge in [-0.25, -0.2) is 8.78 Å². The molecule has 0 fully saturated rings. The molecule has 0 bridgehead atoms. The van der Waals surface area contributed by atoms with Gasteiger partial charge >= 0.3 is 0 Å². The first-order chi connectivity index (χ1) is 8.97. The molecule has 0 heterocycles. The SMILES string of the molecule is Fc1cc(F)c(NCc2cc(Br)ccc2Cl)c(Cl)c1. The minimum Gasteiger partial charge on any atom is -0.377 e. The van der Waals surface area contributed by atoms with Crippen LogP contribution < -0.4 is 5.32 Å². The van der Waals surface area contributed by atoms with E-state index >= 15 is 0 Å². The zero-order valence-electron chi connectivity index (χ0n) is 9.48. The van der Waals surface area contributed by atoms with Gasteiger partial charge in [-0.1, -0.05) is 39.1 Å². The summed E-state index contributed by atoms with van der Waals surface area (Å²) in [4.78, 5) is 0. The van der Waals surface area contributed by atoms with E-state index in [4.69, 9.17) is 23.2 Å². The Balaban J connectivity index is 2.21. The third kappa shape index (κ3) is 3.59. The number of rotatable bonds is 3. The van der Waals surface area contributed by atoms with Crippen molar-refractivity contribution >= 4 is 44.8 Å². The number of halogens is 5. The Labute approximate surface area is 127 Å². The van der Waals surface area contributed by atoms with E-state index in [2.05, 4.69) is 21.2 Å². The Bertz CT molecular complexity index is 597. The number of nitrogens with one attached hydrogen (secondary N) is 1. The lowest BCUT2D eigenvalue weighted by molar-refractivity contribution is 0.585. The molecule has 0 radical (unpaired) electrons. The summed E-state index contributed by atoms with van der Waals surface area (Å²) in [6.07, 6.45) is 0. The molecule has 0 atom stereocenters. The fourth-order valence-electron chi connectivity index (χ4n) is 1.57. The van der Waals surface area contributed by atoms with Crippen molar-refractivity contribution in [2.45, 2.75) is 6.54 Å². The largest absolute Gasteiger partial charge is 0.377 e. The number of hydrogen-bond acceptors (Lipinski definition) is 1. The third-order valence-corrected chi connectivity index (χ3v) is 3.63. The van der Waals surface area contributed by atoms with E-state index in [1.807, 2.05) is 6.07 Å². The van der Waals surface area contributed by atoms with Gasteiger partial charge in [-0.05, 0) is 29.8 Å². The van der Waals surface area contributed by atoms with Crippen molar-refractivity contribution in [3.8, 4) is 0 Å². The van der Waals surface area contributed by atoms with Gasteiger partial charge in [0.05, 0.1) is 10.7 Å². The monoisotopic (exact) mass is 365 g/mol. The summed E-state index contributed by atoms with van der Waals surface area (Å²) in [5.74, 6) is -1.45. The maximum absolute atomic E-state index is 13.6. The second kappa shape index (κ2) is 6.07. The maximum Gasteiger partial charge on any atom is 0.150 e. The fraction of sp³-hybridized carbons (Fsp3) is 0.0769. The van der Waals surface area contributed by atoms with Gasteiger partial charge in [-0.2, -0.15) is 0 Å². The molecule has 0 aliphatic heterocycles. The second-order valence-electron chi connectivity index (χ2n) is 3.83. The van der Waals surface area contributed by atoms with Crippen molar-refractivity contribution < 1.29 is 8.78 Å². The number of hydrogen-bond donors (Lipinski definition) is 1. The van der Waals surface area contributed by atoms with E-state index in [1.165, 1.54) is 0 Å². The van der Waals surface area contributed by atoms with Gasteiger partial charge < -0.3 is 5.32 Å². The van der Waals surface area contributed by atoms with E-state index in [1.54, 1.807) is 12.1 Å². The third-order valence-electron chi connectivity index (χ3n) is 2.47. The van der Waals surface area contributed by atoms with E-state index < -0.39 is 11.6 Å². The summed E-state index contributed by atoms with van der Waals surface area (Å²) in [6, 6.07) is 7.17. The average molecular weight is 367 g/mol. The highest BCUT2D eigenvalue weighted by atomic mass is 79.9. The first-order valence-corrected chi connectivity index (χ1v) is 6.84. The van der Waals surface area contributed by atoms with Crippen molar-refractivity contribution in [2.24, 2.45) is 0 Å². The van der Waals surface area contributed by atoms with Gasteiger partial charge in [-0.3, -0.25) is 0 Å². The van der Waals surface area contributed by atoms with Crippen LogP contribution in [0, 0.1) is 11.6 Å². The molecule has 19 heavy (non-hydrogen) atoms. The van der Waals surface area contributed by atoms with Crippen LogP contribution in [0.5, 0.6) is 0 Å². The molecule has 6 heteroatoms. The summed E-state index contributed by atoms with van der Waals surface area (Å²) >= 11 is 15.1. The van der Waals surface area contributed by atoms with E-state index in [0.717, 1.165) is 22.2 Å². The van der Waals surface area contributed by atoms with Crippen LogP contribution >= 0.6 is 39.1 Å². The standard InChI is InChI=1S/C13H8BrCl2F2N/c14-8-1-2-10(15)7(3-8)6-19-13-11(16)4-9(17)5-12(13)18/h1-5,19H,6H2. The number of benzene rings is 2. The predicted octanol–water partition coefficient (Wildman–Crippen LogP) is 5.65. The Morgan fingerprint density at radius 1 is 1.05 bits per heavy atom. The molecular weight excluding hydrogens is 359 g/mol. The molecule has 1 N–H and O–H groups in total. The van der Waals surface area contributed by atoms with Gasteiger partial charge in [0, 0.05) is 22.1 Å². The molecular formula is C13H8BrCl2F2N. The van der Waals surface area contributed by atoms with Crippen molar-refractivity contribution in [2.75, 3.05) is 5.32 Å². The smallest absolute Gasteiger partial charge is 0.150 e. The van der Waals surface area contributed by atoms with Gasteiger partial charge in [0.25, 0.3) is 0 Å². The van der Waals surface area contributed by atoms with Crippen molar-refractivity contribution in [1.82, 2.24) is 0 Å². The Kier molecular flexibility index (Phi) is 4.66. The zero-order valence-corrected chi connectivity index (χ0v) is 12.6. The Hall–Kier alpha value is -0.840. The molecule has 0 aliphatic carbocycles. The van der Waals surface area contributed by atoms with Gasteiger partial charge in [0.1, 0.15) is 5.82 Å². The van der Waals surface area contributed by atoms with Crippen molar-refractivity contribution in [1.29, 1.82) is 0 Å². The molecule has 2 aromatic rings. The highest BCUT2D eigenvalue weighted by molar-refractivity contribution is 9.10. The molecule has 0 unspecified atom stereocenters. The first-order valence-electron chi connectivity index (χ1n) is 5.29. The lowest BCUT2D eigenvalue weighted by atomic mass is 10.2. The highest BCUT2D eigenvalue weighted by Gasteiger charge is 2.10. The van der Waals surface area contributed by atoms with Crippen LogP contribution in [0.1, 0.15) is 5.56 Å². The van der Waals surface area contributed by atoms with Crippen LogP contribution in [0.3, 0.4) is 0 Å².